The van der Waals surface area contributed by atoms with Gasteiger partial charge >= 0.3 is 58.2 Å². The third-order valence-electron chi connectivity index (χ3n) is 1.33. The maximum atomic E-state index is 10.8. The molecule has 0 aliphatic carbocycles. The predicted octanol–water partition coefficient (Wildman–Crippen LogP) is -1.58. The van der Waals surface area contributed by atoms with Gasteiger partial charge < -0.3 is 14.9 Å². The molecule has 0 fully saturated rings. The third-order valence-corrected chi connectivity index (χ3v) is 2.07. The van der Waals surface area contributed by atoms with Crippen LogP contribution in [0.2, 0.25) is 0 Å². The van der Waals surface area contributed by atoms with Gasteiger partial charge in [0.2, 0.25) is 0 Å². The zero-order valence-corrected chi connectivity index (χ0v) is 11.6. The van der Waals surface area contributed by atoms with E-state index in [1.165, 1.54) is 11.3 Å². The number of hydrogen-bond acceptors (Lipinski definition) is 3. The molecule has 2 amide bonds. The smallest absolute Gasteiger partial charge is 0.587 e. The van der Waals surface area contributed by atoms with Gasteiger partial charge in [-0.3, -0.25) is 0 Å². The van der Waals surface area contributed by atoms with Gasteiger partial charge in [0.15, 0.2) is 0 Å². The van der Waals surface area contributed by atoms with Gasteiger partial charge in [0.1, 0.15) is 0 Å². The number of imide groups is 1. The van der Waals surface area contributed by atoms with Crippen LogP contribution in [0.5, 0.6) is 0 Å². The van der Waals surface area contributed by atoms with Crippen molar-refractivity contribution in [2.45, 2.75) is 0 Å². The minimum absolute atomic E-state index is 0. The molecular formula is C6H2NO2RbS. The molecule has 2 rings (SSSR count). The molecule has 0 N–H and O–H groups in total. The van der Waals surface area contributed by atoms with Crippen molar-refractivity contribution in [3.8, 4) is 0 Å². The largest absolute Gasteiger partial charge is 1.00 e. The predicted molar refractivity (Wildman–Crippen MR) is 36.3 cm³/mol. The third kappa shape index (κ3) is 1.55. The summed E-state index contributed by atoms with van der Waals surface area (Å²) in [4.78, 5) is 21.5. The number of nitrogens with zero attached hydrogens (tertiary/aromatic N) is 1. The molecule has 1 aromatic heterocycles. The molecule has 0 spiro atoms. The molecule has 1 aliphatic rings. The molecule has 0 aromatic carbocycles. The van der Waals surface area contributed by atoms with Crippen molar-refractivity contribution in [3.63, 3.8) is 0 Å². The maximum Gasteiger partial charge on any atom is 1.00 e. The Morgan fingerprint density at radius 3 is 2.00 bits per heavy atom. The van der Waals surface area contributed by atoms with Gasteiger partial charge in [-0.25, -0.2) is 0 Å². The Kier molecular flexibility index (Phi) is 3.16. The number of amides is 2. The molecule has 50 valence electrons. The minimum Gasteiger partial charge on any atom is -0.587 e. The molecule has 0 radical (unpaired) electrons. The Bertz CT molecular complexity index is 292. The van der Waals surface area contributed by atoms with E-state index in [1.807, 2.05) is 0 Å². The average Bonchev–Trinajstić information content (AvgIpc) is 2.39. The van der Waals surface area contributed by atoms with Crippen LogP contribution in [0, 0.1) is 0 Å². The monoisotopic (exact) mass is 237 g/mol. The molecule has 0 unspecified atom stereocenters. The molecule has 0 saturated carbocycles. The summed E-state index contributed by atoms with van der Waals surface area (Å²) in [5, 5.41) is 6.54. The Labute approximate surface area is 116 Å². The van der Waals surface area contributed by atoms with Crippen LogP contribution in [-0.2, 0) is 0 Å². The van der Waals surface area contributed by atoms with E-state index in [1.54, 1.807) is 10.8 Å². The average molecular weight is 238 g/mol. The van der Waals surface area contributed by atoms with E-state index in [2.05, 4.69) is 5.32 Å². The van der Waals surface area contributed by atoms with Gasteiger partial charge in [-0.2, -0.15) is 11.3 Å². The van der Waals surface area contributed by atoms with E-state index < -0.39 is 11.8 Å². The SMILES string of the molecule is O=C1[N-]C(=O)c2cscc21.[Rb+]. The van der Waals surface area contributed by atoms with Crippen LogP contribution in [0.4, 0.5) is 0 Å². The van der Waals surface area contributed by atoms with E-state index in [0.29, 0.717) is 11.1 Å². The summed E-state index contributed by atoms with van der Waals surface area (Å²) in [5.41, 5.74) is 0.907. The summed E-state index contributed by atoms with van der Waals surface area (Å²) in [6.07, 6.45) is 0. The molecule has 0 atom stereocenters. The van der Waals surface area contributed by atoms with Crippen LogP contribution < -0.4 is 58.2 Å². The van der Waals surface area contributed by atoms with Crippen LogP contribution >= 0.6 is 11.3 Å². The van der Waals surface area contributed by atoms with Gasteiger partial charge in [0.05, 0.1) is 11.8 Å². The molecule has 1 aromatic rings. The zero-order chi connectivity index (χ0) is 7.14. The van der Waals surface area contributed by atoms with Gasteiger partial charge in [0.25, 0.3) is 0 Å². The molecule has 1 aliphatic heterocycles. The van der Waals surface area contributed by atoms with Gasteiger partial charge in [-0.15, -0.1) is 0 Å². The fourth-order valence-corrected chi connectivity index (χ4v) is 1.64. The molecule has 3 nitrogen and oxygen atoms in total. The molecular weight excluding hydrogens is 236 g/mol. The van der Waals surface area contributed by atoms with Gasteiger partial charge in [-0.1, -0.05) is 0 Å². The Morgan fingerprint density at radius 1 is 1.09 bits per heavy atom. The number of rotatable bonds is 0. The summed E-state index contributed by atoms with van der Waals surface area (Å²) in [5.74, 6) is -0.803. The van der Waals surface area contributed by atoms with E-state index in [-0.39, 0.29) is 58.2 Å². The van der Waals surface area contributed by atoms with E-state index in [0.717, 1.165) is 0 Å². The van der Waals surface area contributed by atoms with Crippen molar-refractivity contribution in [2.75, 3.05) is 0 Å². The van der Waals surface area contributed by atoms with Crippen molar-refractivity contribution in [3.05, 3.63) is 27.2 Å². The van der Waals surface area contributed by atoms with Crippen molar-refractivity contribution in [1.82, 2.24) is 0 Å². The Morgan fingerprint density at radius 2 is 1.55 bits per heavy atom. The van der Waals surface area contributed by atoms with Crippen molar-refractivity contribution < 1.29 is 67.8 Å². The molecule has 0 bridgehead atoms. The topological polar surface area (TPSA) is 48.2 Å². The summed E-state index contributed by atoms with van der Waals surface area (Å²) >= 11 is 1.35. The normalized spacial score (nSPS) is 13.8. The Hall–Kier alpha value is 0.645. The van der Waals surface area contributed by atoms with Gasteiger partial charge in [0, 0.05) is 21.9 Å². The van der Waals surface area contributed by atoms with Crippen molar-refractivity contribution >= 4 is 23.2 Å². The molecule has 2 heterocycles. The van der Waals surface area contributed by atoms with Gasteiger partial charge in [-0.05, 0) is 0 Å². The fraction of sp³-hybridized carbons (Fsp3) is 0. The molecule has 11 heavy (non-hydrogen) atoms. The van der Waals surface area contributed by atoms with E-state index in [9.17, 15) is 9.59 Å². The van der Waals surface area contributed by atoms with Crippen LogP contribution in [0.25, 0.3) is 5.32 Å². The second kappa shape index (κ2) is 3.57. The summed E-state index contributed by atoms with van der Waals surface area (Å²) < 4.78 is 0. The first-order chi connectivity index (χ1) is 4.79. The molecule has 0 saturated heterocycles. The number of thiophene rings is 1. The second-order valence-corrected chi connectivity index (χ2v) is 2.66. The number of fused-ring (bicyclic) bond motifs is 1. The van der Waals surface area contributed by atoms with E-state index in [4.69, 9.17) is 0 Å². The van der Waals surface area contributed by atoms with Crippen LogP contribution in [0.3, 0.4) is 0 Å². The first kappa shape index (κ1) is 9.73. The summed E-state index contributed by atoms with van der Waals surface area (Å²) in [6, 6.07) is 0. The number of carbonyl (C=O) groups is 2. The second-order valence-electron chi connectivity index (χ2n) is 1.92. The van der Waals surface area contributed by atoms with Crippen LogP contribution in [0.15, 0.2) is 10.8 Å². The molecule has 5 heteroatoms. The number of hydrogen-bond donors (Lipinski definition) is 0. The van der Waals surface area contributed by atoms with E-state index >= 15 is 0 Å². The summed E-state index contributed by atoms with van der Waals surface area (Å²) in [7, 11) is 0. The van der Waals surface area contributed by atoms with Crippen molar-refractivity contribution in [1.29, 1.82) is 0 Å². The fourth-order valence-electron chi connectivity index (χ4n) is 0.841. The Balaban J connectivity index is 0.000000605. The quantitative estimate of drug-likeness (QED) is 0.512. The van der Waals surface area contributed by atoms with Crippen LogP contribution in [-0.4, -0.2) is 11.8 Å². The first-order valence-electron chi connectivity index (χ1n) is 2.65. The first-order valence-corrected chi connectivity index (χ1v) is 3.60. The standard InChI is InChI=1S/C6H3NO2S.Rb/c8-5-3-1-10-2-4(3)6(9)7-5;/h1-2H,(H,7,8,9);/q;+1/p-1. The summed E-state index contributed by atoms with van der Waals surface area (Å²) in [6.45, 7) is 0. The minimum atomic E-state index is -0.402. The zero-order valence-electron chi connectivity index (χ0n) is 5.83. The maximum absolute atomic E-state index is 10.8. The number of carbonyl (C=O) groups excluding carboxylic acids is 2. The van der Waals surface area contributed by atoms with Crippen LogP contribution in [0.1, 0.15) is 20.7 Å². The van der Waals surface area contributed by atoms with Crippen molar-refractivity contribution in [2.24, 2.45) is 0 Å².